The predicted molar refractivity (Wildman–Crippen MR) is 152 cm³/mol. The molecule has 4 heterocycles. The summed E-state index contributed by atoms with van der Waals surface area (Å²) in [5.74, 6) is -0.133. The number of nitrogens with one attached hydrogen (secondary N) is 3. The van der Waals surface area contributed by atoms with E-state index in [4.69, 9.17) is 15.0 Å². The van der Waals surface area contributed by atoms with Crippen molar-refractivity contribution in [3.05, 3.63) is 88.6 Å². The van der Waals surface area contributed by atoms with Crippen LogP contribution in [0.5, 0.6) is 0 Å². The smallest absolute Gasteiger partial charge is 0.387 e. The Hall–Kier alpha value is -3.88. The molecule has 0 bridgehead atoms. The molecule has 0 radical (unpaired) electrons. The van der Waals surface area contributed by atoms with Gasteiger partial charge in [-0.3, -0.25) is 18.9 Å². The highest BCUT2D eigenvalue weighted by Crippen LogP contribution is 2.38. The van der Waals surface area contributed by atoms with Crippen LogP contribution in [0.2, 0.25) is 0 Å². The van der Waals surface area contributed by atoms with Gasteiger partial charge in [0.1, 0.15) is 18.3 Å². The van der Waals surface area contributed by atoms with Crippen molar-refractivity contribution in [3.8, 4) is 0 Å². The van der Waals surface area contributed by atoms with Crippen molar-refractivity contribution in [2.24, 2.45) is 0 Å². The Morgan fingerprint density at radius 1 is 1.14 bits per heavy atom. The summed E-state index contributed by atoms with van der Waals surface area (Å²) in [4.78, 5) is 33.1. The van der Waals surface area contributed by atoms with Crippen molar-refractivity contribution in [2.45, 2.75) is 37.5 Å². The summed E-state index contributed by atoms with van der Waals surface area (Å²) < 4.78 is 26.8. The van der Waals surface area contributed by atoms with Crippen molar-refractivity contribution >= 4 is 35.8 Å². The monoisotopic (exact) mass is 596 g/mol. The van der Waals surface area contributed by atoms with Gasteiger partial charge < -0.3 is 30.6 Å². The van der Waals surface area contributed by atoms with Gasteiger partial charge in [-0.15, -0.1) is 0 Å². The van der Waals surface area contributed by atoms with Crippen LogP contribution in [0, 0.1) is 0 Å². The number of aliphatic hydroxyl groups excluding tert-OH is 2. The van der Waals surface area contributed by atoms with Crippen LogP contribution >= 0.6 is 7.75 Å². The van der Waals surface area contributed by atoms with Gasteiger partial charge in [0.25, 0.3) is 11.5 Å². The lowest BCUT2D eigenvalue weighted by Crippen LogP contribution is -2.46. The molecule has 1 saturated heterocycles. The van der Waals surface area contributed by atoms with Gasteiger partial charge in [0.2, 0.25) is 11.7 Å². The maximum atomic E-state index is 12.8. The number of rotatable bonds is 10. The zero-order valence-electron chi connectivity index (χ0n) is 22.3. The molecular weight excluding hydrogens is 565 g/mol. The van der Waals surface area contributed by atoms with Crippen LogP contribution < -0.4 is 20.9 Å². The molecule has 8 N–H and O–H groups in total. The lowest BCUT2D eigenvalue weighted by molar-refractivity contribution is -0.745. The van der Waals surface area contributed by atoms with E-state index in [0.29, 0.717) is 13.0 Å². The molecule has 5 atom stereocenters. The molecule has 0 aliphatic carbocycles. The number of nitrogens with zero attached hydrogens (tertiary/aromatic N) is 3. The molecule has 1 unspecified atom stereocenters. The van der Waals surface area contributed by atoms with Gasteiger partial charge >= 0.3 is 13.4 Å². The molecule has 5 aromatic rings. The fourth-order valence-corrected chi connectivity index (χ4v) is 6.08. The van der Waals surface area contributed by atoms with Crippen molar-refractivity contribution in [2.75, 3.05) is 18.9 Å². The number of imidazole rings is 1. The quantitative estimate of drug-likeness (QED) is 0.0887. The van der Waals surface area contributed by atoms with E-state index in [1.807, 2.05) is 60.8 Å². The fourth-order valence-electron chi connectivity index (χ4n) is 5.25. The van der Waals surface area contributed by atoms with Gasteiger partial charge in [0, 0.05) is 23.6 Å². The highest BCUT2D eigenvalue weighted by molar-refractivity contribution is 7.50. The van der Waals surface area contributed by atoms with E-state index in [1.165, 1.54) is 4.57 Å². The number of fused-ring (bicyclic) bond motifs is 2. The van der Waals surface area contributed by atoms with Gasteiger partial charge in [-0.25, -0.2) is 14.2 Å². The molecule has 3 aromatic heterocycles. The molecule has 1 aliphatic rings. The number of ether oxygens (including phenoxy) is 1. The SMILES string of the molecule is Nc1nc2c(c(=O)[nH]1)n(Cc1ccccc1)c[n+]2[C@@H]1O[C@H](COP(=O)(O)NCCc2c[nH]c3ccccc23)[C@@H](O)[C@H]1O. The molecule has 15 heteroatoms. The second-order valence-corrected chi connectivity index (χ2v) is 11.8. The van der Waals surface area contributed by atoms with Crippen molar-refractivity contribution in [1.29, 1.82) is 0 Å². The summed E-state index contributed by atoms with van der Waals surface area (Å²) in [6.07, 6.45) is -1.39. The van der Waals surface area contributed by atoms with Crippen molar-refractivity contribution in [1.82, 2.24) is 24.6 Å². The number of aromatic amines is 2. The minimum Gasteiger partial charge on any atom is -0.387 e. The third-order valence-corrected chi connectivity index (χ3v) is 8.41. The summed E-state index contributed by atoms with van der Waals surface area (Å²) in [5, 5.41) is 25.2. The molecule has 42 heavy (non-hydrogen) atoms. The molecule has 220 valence electrons. The van der Waals surface area contributed by atoms with Crippen LogP contribution in [-0.4, -0.2) is 66.1 Å². The van der Waals surface area contributed by atoms with Gasteiger partial charge in [-0.2, -0.15) is 0 Å². The van der Waals surface area contributed by atoms with Crippen LogP contribution in [0.15, 0.2) is 71.9 Å². The molecular formula is C27H31N7O7P+. The first-order chi connectivity index (χ1) is 20.2. The Labute approximate surface area is 239 Å². The highest BCUT2D eigenvalue weighted by Gasteiger charge is 2.47. The number of nitrogens with two attached hydrogens (primary N) is 1. The Morgan fingerprint density at radius 2 is 1.90 bits per heavy atom. The number of benzene rings is 2. The second kappa shape index (κ2) is 11.4. The first-order valence-corrected chi connectivity index (χ1v) is 14.9. The van der Waals surface area contributed by atoms with Crippen molar-refractivity contribution < 1.29 is 33.5 Å². The zero-order valence-corrected chi connectivity index (χ0v) is 23.2. The van der Waals surface area contributed by atoms with Gasteiger partial charge in [-0.1, -0.05) is 53.5 Å². The standard InChI is InChI=1S/C27H30N7O7P/c28-27-31-24-21(25(37)32-27)33(13-16-6-2-1-3-7-16)15-34(24)26-23(36)22(35)20(41-26)14-40-42(38,39)30-11-10-17-12-29-19-9-5-4-8-18(17)19/h1-9,12,15,20,22-23,26,29,35-36H,10-11,13-14H2,(H4-,28,30,31,32,37,38,39)/p+1/t20-,22-,23-,26-/m1/s1. The topological polar surface area (TPSA) is 205 Å². The van der Waals surface area contributed by atoms with Crippen LogP contribution in [-0.2, 0) is 26.8 Å². The average molecular weight is 597 g/mol. The van der Waals surface area contributed by atoms with E-state index in [-0.39, 0.29) is 23.7 Å². The average Bonchev–Trinajstić information content (AvgIpc) is 3.62. The van der Waals surface area contributed by atoms with Crippen molar-refractivity contribution in [3.63, 3.8) is 0 Å². The predicted octanol–water partition coefficient (Wildman–Crippen LogP) is 0.692. The molecule has 1 aliphatic heterocycles. The number of H-pyrrole nitrogens is 2. The maximum Gasteiger partial charge on any atom is 0.403 e. The van der Waals surface area contributed by atoms with Crippen LogP contribution in [0.25, 0.3) is 22.1 Å². The molecule has 6 rings (SSSR count). The Balaban J connectivity index is 1.15. The Bertz CT molecular complexity index is 1820. The first kappa shape index (κ1) is 28.2. The van der Waals surface area contributed by atoms with Gasteiger partial charge in [0.15, 0.2) is 6.33 Å². The Kier molecular flexibility index (Phi) is 7.68. The number of aromatic nitrogens is 5. The number of nitrogen functional groups attached to an aromatic ring is 1. The van der Waals surface area contributed by atoms with E-state index >= 15 is 0 Å². The van der Waals surface area contributed by atoms with E-state index in [2.05, 4.69) is 20.0 Å². The minimum atomic E-state index is -4.27. The molecule has 0 amide bonds. The van der Waals surface area contributed by atoms with E-state index in [1.54, 1.807) is 10.9 Å². The van der Waals surface area contributed by atoms with E-state index in [9.17, 15) is 24.5 Å². The molecule has 14 nitrogen and oxygen atoms in total. The van der Waals surface area contributed by atoms with E-state index < -0.39 is 44.5 Å². The van der Waals surface area contributed by atoms with E-state index in [0.717, 1.165) is 22.0 Å². The number of anilines is 1. The maximum absolute atomic E-state index is 12.8. The normalized spacial score (nSPS) is 22.2. The number of aliphatic hydroxyl groups is 2. The summed E-state index contributed by atoms with van der Waals surface area (Å²) in [6.45, 7) is -0.00976. The molecule has 1 fully saturated rings. The fraction of sp³-hybridized carbons (Fsp3) is 0.296. The summed E-state index contributed by atoms with van der Waals surface area (Å²) >= 11 is 0. The molecule has 0 saturated carbocycles. The van der Waals surface area contributed by atoms with Gasteiger partial charge in [0.05, 0.1) is 13.2 Å². The summed E-state index contributed by atoms with van der Waals surface area (Å²) in [5.41, 5.74) is 8.51. The Morgan fingerprint density at radius 3 is 2.71 bits per heavy atom. The number of para-hydroxylation sites is 1. The molecule has 2 aromatic carbocycles. The first-order valence-electron chi connectivity index (χ1n) is 13.3. The second-order valence-electron chi connectivity index (χ2n) is 10.1. The third kappa shape index (κ3) is 5.61. The zero-order chi connectivity index (χ0) is 29.4. The number of hydrogen-bond acceptors (Lipinski definition) is 8. The third-order valence-electron chi connectivity index (χ3n) is 7.29. The summed E-state index contributed by atoms with van der Waals surface area (Å²) in [6, 6.07) is 17.2. The van der Waals surface area contributed by atoms with Crippen LogP contribution in [0.3, 0.4) is 0 Å². The van der Waals surface area contributed by atoms with Gasteiger partial charge in [-0.05, 0) is 23.6 Å². The van der Waals surface area contributed by atoms with Crippen LogP contribution in [0.4, 0.5) is 5.95 Å². The highest BCUT2D eigenvalue weighted by atomic mass is 31.2. The van der Waals surface area contributed by atoms with Crippen LogP contribution in [0.1, 0.15) is 17.4 Å². The molecule has 0 spiro atoms. The number of hydrogen-bond donors (Lipinski definition) is 7. The largest absolute Gasteiger partial charge is 0.403 e. The lowest BCUT2D eigenvalue weighted by Gasteiger charge is -2.18. The summed E-state index contributed by atoms with van der Waals surface area (Å²) in [7, 11) is -4.27. The minimum absolute atomic E-state index is 0.133. The lowest BCUT2D eigenvalue weighted by atomic mass is 10.1.